The Hall–Kier alpha value is -1.88. The third-order valence-corrected chi connectivity index (χ3v) is 3.64. The maximum atomic E-state index is 5.95. The summed E-state index contributed by atoms with van der Waals surface area (Å²) in [6.07, 6.45) is 4.41. The van der Waals surface area contributed by atoms with Gasteiger partial charge in [0.15, 0.2) is 0 Å². The Kier molecular flexibility index (Phi) is 5.75. The van der Waals surface area contributed by atoms with Crippen LogP contribution in [-0.4, -0.2) is 28.4 Å². The zero-order chi connectivity index (χ0) is 15.1. The van der Waals surface area contributed by atoms with Crippen LogP contribution in [0.1, 0.15) is 24.7 Å². The number of aromatic nitrogens is 3. The molecule has 0 aliphatic carbocycles. The monoisotopic (exact) mass is 288 g/mol. The first-order valence-corrected chi connectivity index (χ1v) is 7.47. The largest absolute Gasteiger partial charge is 0.496 e. The number of methoxy groups -OCH3 is 1. The molecule has 21 heavy (non-hydrogen) atoms. The van der Waals surface area contributed by atoms with Crippen LogP contribution < -0.4 is 10.5 Å². The van der Waals surface area contributed by atoms with Crippen LogP contribution in [0.25, 0.3) is 0 Å². The summed E-state index contributed by atoms with van der Waals surface area (Å²) in [6.45, 7) is 3.67. The molecule has 1 atom stereocenters. The molecule has 0 bridgehead atoms. The van der Waals surface area contributed by atoms with Gasteiger partial charge < -0.3 is 10.5 Å². The highest BCUT2D eigenvalue weighted by Gasteiger charge is 2.15. The van der Waals surface area contributed by atoms with Gasteiger partial charge in [0, 0.05) is 13.0 Å². The summed E-state index contributed by atoms with van der Waals surface area (Å²) in [6, 6.07) is 8.10. The van der Waals surface area contributed by atoms with E-state index in [9.17, 15) is 0 Å². The van der Waals surface area contributed by atoms with Gasteiger partial charge in [-0.3, -0.25) is 4.68 Å². The summed E-state index contributed by atoms with van der Waals surface area (Å²) in [7, 11) is 1.70. The maximum Gasteiger partial charge on any atom is 0.138 e. The fourth-order valence-corrected chi connectivity index (χ4v) is 2.52. The Morgan fingerprint density at radius 1 is 1.29 bits per heavy atom. The number of benzene rings is 1. The van der Waals surface area contributed by atoms with Crippen LogP contribution in [0.2, 0.25) is 0 Å². The number of hydrogen-bond donors (Lipinski definition) is 1. The third kappa shape index (κ3) is 4.04. The highest BCUT2D eigenvalue weighted by Crippen LogP contribution is 2.22. The van der Waals surface area contributed by atoms with Crippen molar-refractivity contribution in [1.29, 1.82) is 0 Å². The van der Waals surface area contributed by atoms with Gasteiger partial charge >= 0.3 is 0 Å². The van der Waals surface area contributed by atoms with Gasteiger partial charge in [0.25, 0.3) is 0 Å². The molecule has 1 aromatic carbocycles. The molecule has 5 heteroatoms. The van der Waals surface area contributed by atoms with Gasteiger partial charge in [-0.05, 0) is 36.9 Å². The summed E-state index contributed by atoms with van der Waals surface area (Å²) in [5.41, 5.74) is 7.15. The highest BCUT2D eigenvalue weighted by atomic mass is 16.5. The topological polar surface area (TPSA) is 66.0 Å². The lowest BCUT2D eigenvalue weighted by Gasteiger charge is -2.16. The molecule has 114 valence electrons. The van der Waals surface area contributed by atoms with Crippen molar-refractivity contribution in [2.24, 2.45) is 11.7 Å². The zero-order valence-electron chi connectivity index (χ0n) is 12.8. The van der Waals surface area contributed by atoms with Crippen molar-refractivity contribution >= 4 is 0 Å². The first kappa shape index (κ1) is 15.5. The van der Waals surface area contributed by atoms with Gasteiger partial charge in [0.05, 0.1) is 7.11 Å². The van der Waals surface area contributed by atoms with E-state index in [-0.39, 0.29) is 0 Å². The SMILES string of the molecule is CCCn1ncnc1CC(CN)Cc1ccccc1OC. The predicted molar refractivity (Wildman–Crippen MR) is 83.3 cm³/mol. The van der Waals surface area contributed by atoms with E-state index in [4.69, 9.17) is 10.5 Å². The number of ether oxygens (including phenoxy) is 1. The highest BCUT2D eigenvalue weighted by molar-refractivity contribution is 5.33. The molecule has 0 aliphatic rings. The Morgan fingerprint density at radius 3 is 2.81 bits per heavy atom. The van der Waals surface area contributed by atoms with Crippen molar-refractivity contribution in [3.63, 3.8) is 0 Å². The minimum absolute atomic E-state index is 0.334. The van der Waals surface area contributed by atoms with Gasteiger partial charge in [-0.2, -0.15) is 5.10 Å². The molecule has 1 unspecified atom stereocenters. The van der Waals surface area contributed by atoms with E-state index in [0.29, 0.717) is 12.5 Å². The molecule has 0 saturated carbocycles. The van der Waals surface area contributed by atoms with Crippen LogP contribution >= 0.6 is 0 Å². The molecule has 0 spiro atoms. The van der Waals surface area contributed by atoms with E-state index >= 15 is 0 Å². The quantitative estimate of drug-likeness (QED) is 0.807. The van der Waals surface area contributed by atoms with Crippen LogP contribution in [0.3, 0.4) is 0 Å². The van der Waals surface area contributed by atoms with Crippen molar-refractivity contribution in [2.45, 2.75) is 32.7 Å². The Balaban J connectivity index is 2.08. The summed E-state index contributed by atoms with van der Waals surface area (Å²) in [4.78, 5) is 4.37. The number of para-hydroxylation sites is 1. The van der Waals surface area contributed by atoms with Crippen molar-refractivity contribution in [3.05, 3.63) is 42.0 Å². The standard InChI is InChI=1S/C16H24N4O/c1-3-8-20-16(18-12-19-20)10-13(11-17)9-14-6-4-5-7-15(14)21-2/h4-7,12-13H,3,8-11,17H2,1-2H3. The first-order chi connectivity index (χ1) is 10.3. The summed E-state index contributed by atoms with van der Waals surface area (Å²) < 4.78 is 7.39. The van der Waals surface area contributed by atoms with Gasteiger partial charge in [-0.25, -0.2) is 4.98 Å². The fraction of sp³-hybridized carbons (Fsp3) is 0.500. The van der Waals surface area contributed by atoms with E-state index in [2.05, 4.69) is 23.1 Å². The third-order valence-electron chi connectivity index (χ3n) is 3.64. The molecule has 0 saturated heterocycles. The molecule has 0 fully saturated rings. The van der Waals surface area contributed by atoms with Gasteiger partial charge in [-0.1, -0.05) is 25.1 Å². The molecule has 1 aromatic heterocycles. The lowest BCUT2D eigenvalue weighted by molar-refractivity contribution is 0.402. The number of aryl methyl sites for hydroxylation is 1. The number of rotatable bonds is 8. The minimum Gasteiger partial charge on any atom is -0.496 e. The van der Waals surface area contributed by atoms with Crippen LogP contribution in [0.5, 0.6) is 5.75 Å². The number of hydrogen-bond acceptors (Lipinski definition) is 4. The Bertz CT molecular complexity index is 553. The molecular weight excluding hydrogens is 264 g/mol. The van der Waals surface area contributed by atoms with Crippen molar-refractivity contribution in [2.75, 3.05) is 13.7 Å². The number of nitrogens with zero attached hydrogens (tertiary/aromatic N) is 3. The maximum absolute atomic E-state index is 5.95. The lowest BCUT2D eigenvalue weighted by Crippen LogP contribution is -2.22. The number of nitrogens with two attached hydrogens (primary N) is 1. The van der Waals surface area contributed by atoms with Crippen LogP contribution in [0.15, 0.2) is 30.6 Å². The molecule has 0 aliphatic heterocycles. The van der Waals surface area contributed by atoms with Gasteiger partial charge in [0.1, 0.15) is 17.9 Å². The molecule has 2 N–H and O–H groups in total. The predicted octanol–water partition coefficient (Wildman–Crippen LogP) is 2.06. The van der Waals surface area contributed by atoms with E-state index in [0.717, 1.165) is 37.4 Å². The van der Waals surface area contributed by atoms with Gasteiger partial charge in [-0.15, -0.1) is 0 Å². The average Bonchev–Trinajstić information content (AvgIpc) is 2.94. The molecular formula is C16H24N4O. The molecule has 0 amide bonds. The average molecular weight is 288 g/mol. The van der Waals surface area contributed by atoms with Crippen LogP contribution in [0, 0.1) is 5.92 Å². The van der Waals surface area contributed by atoms with Crippen molar-refractivity contribution < 1.29 is 4.74 Å². The lowest BCUT2D eigenvalue weighted by atomic mass is 9.95. The first-order valence-electron chi connectivity index (χ1n) is 7.47. The normalized spacial score (nSPS) is 12.3. The second kappa shape index (κ2) is 7.78. The van der Waals surface area contributed by atoms with E-state index < -0.39 is 0 Å². The molecule has 1 heterocycles. The molecule has 2 aromatic rings. The van der Waals surface area contributed by atoms with E-state index in [1.165, 1.54) is 5.56 Å². The zero-order valence-corrected chi connectivity index (χ0v) is 12.8. The van der Waals surface area contributed by atoms with Crippen LogP contribution in [0.4, 0.5) is 0 Å². The Morgan fingerprint density at radius 2 is 2.10 bits per heavy atom. The summed E-state index contributed by atoms with van der Waals surface area (Å²) in [5, 5.41) is 4.27. The van der Waals surface area contributed by atoms with E-state index in [1.807, 2.05) is 22.9 Å². The second-order valence-corrected chi connectivity index (χ2v) is 5.22. The minimum atomic E-state index is 0.334. The summed E-state index contributed by atoms with van der Waals surface area (Å²) in [5.74, 6) is 2.27. The van der Waals surface area contributed by atoms with E-state index in [1.54, 1.807) is 13.4 Å². The van der Waals surface area contributed by atoms with Gasteiger partial charge in [0.2, 0.25) is 0 Å². The molecule has 2 rings (SSSR count). The Labute approximate surface area is 126 Å². The van der Waals surface area contributed by atoms with Crippen molar-refractivity contribution in [1.82, 2.24) is 14.8 Å². The van der Waals surface area contributed by atoms with Crippen LogP contribution in [-0.2, 0) is 19.4 Å². The molecule has 5 nitrogen and oxygen atoms in total. The molecule has 0 radical (unpaired) electrons. The smallest absolute Gasteiger partial charge is 0.138 e. The van der Waals surface area contributed by atoms with Crippen molar-refractivity contribution in [3.8, 4) is 5.75 Å². The fourth-order valence-electron chi connectivity index (χ4n) is 2.52. The second-order valence-electron chi connectivity index (χ2n) is 5.22. The summed E-state index contributed by atoms with van der Waals surface area (Å²) >= 11 is 0.